The molecule has 0 rings (SSSR count). The van der Waals surface area contributed by atoms with Gasteiger partial charge < -0.3 is 15.9 Å². The van der Waals surface area contributed by atoms with Crippen molar-refractivity contribution < 1.29 is 10.2 Å². The number of nitrogens with two attached hydrogens (primary N) is 1. The maximum Gasteiger partial charge on any atom is 0.228 e. The molecule has 0 aliphatic carbocycles. The van der Waals surface area contributed by atoms with Gasteiger partial charge in [-0.15, -0.1) is 12.6 Å². The summed E-state index contributed by atoms with van der Waals surface area (Å²) in [5.41, 5.74) is 4.15. The van der Waals surface area contributed by atoms with Crippen molar-refractivity contribution in [1.29, 1.82) is 0 Å². The van der Waals surface area contributed by atoms with Gasteiger partial charge in [0.25, 0.3) is 0 Å². The largest absolute Gasteiger partial charge is 0.356 e. The van der Waals surface area contributed by atoms with Gasteiger partial charge >= 0.3 is 0 Å². The highest BCUT2D eigenvalue weighted by atomic mass is 32.1. The van der Waals surface area contributed by atoms with Crippen LogP contribution in [0.25, 0.3) is 0 Å². The fourth-order valence-corrected chi connectivity index (χ4v) is 0. The van der Waals surface area contributed by atoms with E-state index < -0.39 is 10.7 Å². The summed E-state index contributed by atoms with van der Waals surface area (Å²) < 4.78 is 0. The minimum Gasteiger partial charge on any atom is -0.356 e. The molecular weight excluding hydrogens is 126 g/mol. The second-order valence-electron chi connectivity index (χ2n) is 2.36. The lowest BCUT2D eigenvalue weighted by atomic mass is 10.1. The van der Waals surface area contributed by atoms with Crippen LogP contribution in [0.3, 0.4) is 0 Å². The summed E-state index contributed by atoms with van der Waals surface area (Å²) >= 11 is 3.42. The molecule has 0 fully saturated rings. The second kappa shape index (κ2) is 1.88. The summed E-state index contributed by atoms with van der Waals surface area (Å²) in [7, 11) is 0. The standard InChI is InChI=1S/C4H11NO2S/c1-3(2,5)4(6,7)8/h6-8H,5H2,1-2H3. The Morgan fingerprint density at radius 3 is 1.50 bits per heavy atom. The third-order valence-electron chi connectivity index (χ3n) is 0.864. The monoisotopic (exact) mass is 137 g/mol. The molecule has 50 valence electrons. The average molecular weight is 137 g/mol. The van der Waals surface area contributed by atoms with Gasteiger partial charge in [0, 0.05) is 0 Å². The van der Waals surface area contributed by atoms with Crippen LogP contribution in [-0.2, 0) is 0 Å². The number of thiol groups is 1. The van der Waals surface area contributed by atoms with E-state index in [1.807, 2.05) is 0 Å². The van der Waals surface area contributed by atoms with Gasteiger partial charge in [0.15, 0.2) is 0 Å². The molecule has 0 aliphatic rings. The minimum atomic E-state index is -2.09. The molecule has 0 aromatic rings. The minimum absolute atomic E-state index is 1.09. The molecule has 4 heteroatoms. The lowest BCUT2D eigenvalue weighted by Crippen LogP contribution is -2.52. The summed E-state index contributed by atoms with van der Waals surface area (Å²) in [5.74, 6) is 0. The van der Waals surface area contributed by atoms with Gasteiger partial charge in [0.1, 0.15) is 0 Å². The molecule has 0 amide bonds. The molecular formula is C4H11NO2S. The van der Waals surface area contributed by atoms with E-state index in [0.717, 1.165) is 0 Å². The molecule has 0 heterocycles. The summed E-state index contributed by atoms with van der Waals surface area (Å²) in [6.45, 7) is 2.94. The Hall–Kier alpha value is 0.230. The van der Waals surface area contributed by atoms with Gasteiger partial charge in [-0.2, -0.15) is 0 Å². The first-order valence-corrected chi connectivity index (χ1v) is 2.66. The summed E-state index contributed by atoms with van der Waals surface area (Å²) in [5, 5.41) is 15.2. The van der Waals surface area contributed by atoms with E-state index in [9.17, 15) is 0 Å². The Morgan fingerprint density at radius 2 is 1.50 bits per heavy atom. The van der Waals surface area contributed by atoms with Crippen LogP contribution in [0.1, 0.15) is 13.8 Å². The Labute approximate surface area is 53.9 Å². The van der Waals surface area contributed by atoms with Gasteiger partial charge in [0.05, 0.1) is 5.54 Å². The van der Waals surface area contributed by atoms with Crippen molar-refractivity contribution in [2.24, 2.45) is 5.73 Å². The SMILES string of the molecule is CC(C)(N)C(O)(O)S. The first-order valence-electron chi connectivity index (χ1n) is 2.21. The van der Waals surface area contributed by atoms with Crippen LogP contribution in [0.5, 0.6) is 0 Å². The Kier molecular flexibility index (Phi) is 1.93. The van der Waals surface area contributed by atoms with Crippen LogP contribution >= 0.6 is 12.6 Å². The number of rotatable bonds is 1. The third kappa shape index (κ3) is 2.00. The van der Waals surface area contributed by atoms with Crippen LogP contribution in [0.2, 0.25) is 0 Å². The number of hydrogen-bond donors (Lipinski definition) is 4. The number of hydrogen-bond acceptors (Lipinski definition) is 4. The Balaban J connectivity index is 4.02. The number of aliphatic hydroxyl groups is 2. The third-order valence-corrected chi connectivity index (χ3v) is 1.44. The zero-order valence-electron chi connectivity index (χ0n) is 4.92. The van der Waals surface area contributed by atoms with Crippen molar-refractivity contribution in [3.63, 3.8) is 0 Å². The van der Waals surface area contributed by atoms with Gasteiger partial charge in [-0.25, -0.2) is 0 Å². The van der Waals surface area contributed by atoms with Crippen molar-refractivity contribution >= 4 is 12.6 Å². The van der Waals surface area contributed by atoms with Gasteiger partial charge in [0.2, 0.25) is 5.12 Å². The van der Waals surface area contributed by atoms with Crippen LogP contribution in [0.15, 0.2) is 0 Å². The maximum atomic E-state index is 8.65. The molecule has 0 radical (unpaired) electrons. The van der Waals surface area contributed by atoms with Crippen LogP contribution in [-0.4, -0.2) is 20.9 Å². The zero-order valence-corrected chi connectivity index (χ0v) is 5.81. The molecule has 0 atom stereocenters. The molecule has 0 bridgehead atoms. The quantitative estimate of drug-likeness (QED) is 0.285. The first kappa shape index (κ1) is 8.23. The van der Waals surface area contributed by atoms with Crippen molar-refractivity contribution in [2.45, 2.75) is 24.5 Å². The van der Waals surface area contributed by atoms with E-state index in [0.29, 0.717) is 0 Å². The fourth-order valence-electron chi connectivity index (χ4n) is 0. The molecule has 4 N–H and O–H groups in total. The van der Waals surface area contributed by atoms with Gasteiger partial charge in [-0.05, 0) is 13.8 Å². The molecule has 0 saturated heterocycles. The molecule has 0 aromatic heterocycles. The predicted molar refractivity (Wildman–Crippen MR) is 34.4 cm³/mol. The zero-order chi connectivity index (χ0) is 7.00. The summed E-state index contributed by atoms with van der Waals surface area (Å²) in [6.07, 6.45) is 0. The second-order valence-corrected chi connectivity index (χ2v) is 2.98. The van der Waals surface area contributed by atoms with E-state index in [-0.39, 0.29) is 0 Å². The summed E-state index contributed by atoms with van der Waals surface area (Å²) in [4.78, 5) is 0. The van der Waals surface area contributed by atoms with E-state index in [2.05, 4.69) is 12.6 Å². The topological polar surface area (TPSA) is 66.5 Å². The predicted octanol–water partition coefficient (Wildman–Crippen LogP) is -0.708. The Bertz CT molecular complexity index is 69.0. The first-order chi connectivity index (χ1) is 3.25. The lowest BCUT2D eigenvalue weighted by Gasteiger charge is -2.29. The highest BCUT2D eigenvalue weighted by molar-refractivity contribution is 7.81. The highest BCUT2D eigenvalue weighted by Gasteiger charge is 2.34. The normalized spacial score (nSPS) is 14.2. The van der Waals surface area contributed by atoms with Gasteiger partial charge in [-0.1, -0.05) is 0 Å². The highest BCUT2D eigenvalue weighted by Crippen LogP contribution is 2.18. The lowest BCUT2D eigenvalue weighted by molar-refractivity contribution is -0.118. The van der Waals surface area contributed by atoms with Crippen LogP contribution in [0.4, 0.5) is 0 Å². The van der Waals surface area contributed by atoms with Crippen molar-refractivity contribution in [1.82, 2.24) is 0 Å². The van der Waals surface area contributed by atoms with Crippen LogP contribution in [0, 0.1) is 0 Å². The van der Waals surface area contributed by atoms with Crippen molar-refractivity contribution in [2.75, 3.05) is 0 Å². The van der Waals surface area contributed by atoms with E-state index in [1.165, 1.54) is 13.8 Å². The molecule has 0 aliphatic heterocycles. The maximum absolute atomic E-state index is 8.65. The van der Waals surface area contributed by atoms with E-state index >= 15 is 0 Å². The molecule has 3 nitrogen and oxygen atoms in total. The van der Waals surface area contributed by atoms with E-state index in [4.69, 9.17) is 15.9 Å². The molecule has 0 unspecified atom stereocenters. The smallest absolute Gasteiger partial charge is 0.228 e. The molecule has 0 aromatic carbocycles. The fraction of sp³-hybridized carbons (Fsp3) is 1.00. The van der Waals surface area contributed by atoms with Crippen molar-refractivity contribution in [3.8, 4) is 0 Å². The van der Waals surface area contributed by atoms with Crippen molar-refractivity contribution in [3.05, 3.63) is 0 Å². The molecule has 8 heavy (non-hydrogen) atoms. The Morgan fingerprint density at radius 1 is 1.38 bits per heavy atom. The average Bonchev–Trinajstić information content (AvgIpc) is 1.25. The van der Waals surface area contributed by atoms with E-state index in [1.54, 1.807) is 0 Å². The van der Waals surface area contributed by atoms with Crippen LogP contribution < -0.4 is 5.73 Å². The molecule has 0 saturated carbocycles. The summed E-state index contributed by atoms with van der Waals surface area (Å²) in [6, 6.07) is 0. The van der Waals surface area contributed by atoms with Gasteiger partial charge in [-0.3, -0.25) is 0 Å². The molecule has 0 spiro atoms.